The fraction of sp³-hybridized carbons (Fsp3) is 0.898. The Kier molecular flexibility index (Phi) is 41.5. The highest BCUT2D eigenvalue weighted by Gasteiger charge is 2.63. The summed E-state index contributed by atoms with van der Waals surface area (Å²) in [7, 11) is 0. The van der Waals surface area contributed by atoms with Crippen LogP contribution < -0.4 is 5.73 Å². The predicted octanol–water partition coefficient (Wildman–Crippen LogP) is 25.4. The van der Waals surface area contributed by atoms with Crippen molar-refractivity contribution < 1.29 is 68.5 Å². The van der Waals surface area contributed by atoms with Gasteiger partial charge in [-0.1, -0.05) is 177 Å². The molecule has 27 atom stereocenters. The molecular formula is C108H192ClNO14S3. The van der Waals surface area contributed by atoms with E-state index in [0.29, 0.717) is 27.6 Å². The summed E-state index contributed by atoms with van der Waals surface area (Å²) >= 11 is 0. The van der Waals surface area contributed by atoms with Gasteiger partial charge < -0.3 is 50.2 Å². The minimum atomic E-state index is -0.948. The second-order valence-corrected chi connectivity index (χ2v) is 49.9. The third-order valence-corrected chi connectivity index (χ3v) is 36.2. The Balaban J connectivity index is 0.000000312. The van der Waals surface area contributed by atoms with Crippen molar-refractivity contribution in [2.75, 3.05) is 0 Å². The van der Waals surface area contributed by atoms with E-state index in [1.807, 2.05) is 90.0 Å². The minimum absolute atomic E-state index is 0. The van der Waals surface area contributed by atoms with Crippen LogP contribution in [0.25, 0.3) is 0 Å². The molecule has 0 bridgehead atoms. The number of esters is 4. The van der Waals surface area contributed by atoms with E-state index >= 15 is 0 Å². The van der Waals surface area contributed by atoms with Crippen molar-refractivity contribution in [3.8, 4) is 0 Å². The molecule has 0 aromatic heterocycles. The average Bonchev–Trinajstić information content (AvgIpc) is 1.67. The number of carboxylic acids is 1. The number of aliphatic hydroxyl groups is 4. The highest BCUT2D eigenvalue weighted by atomic mass is 35.5. The third kappa shape index (κ3) is 28.2. The summed E-state index contributed by atoms with van der Waals surface area (Å²) in [5.41, 5.74) is 10.2. The van der Waals surface area contributed by atoms with Gasteiger partial charge in [0.05, 0.1) is 47.6 Å². The van der Waals surface area contributed by atoms with Crippen LogP contribution in [0, 0.1) is 151 Å². The molecule has 12 aliphatic carbocycles. The van der Waals surface area contributed by atoms with E-state index in [9.17, 15) is 44.4 Å². The number of halogens is 1. The van der Waals surface area contributed by atoms with E-state index in [1.54, 1.807) is 45.8 Å². The topological polar surface area (TPSA) is 249 Å². The van der Waals surface area contributed by atoms with Crippen molar-refractivity contribution in [3.05, 3.63) is 34.9 Å². The monoisotopic (exact) mass is 1860 g/mol. The van der Waals surface area contributed by atoms with Gasteiger partial charge in [-0.05, 0) is 383 Å². The Morgan fingerprint density at radius 2 is 0.709 bits per heavy atom. The average molecular weight is 1860 g/mol. The highest BCUT2D eigenvalue weighted by molar-refractivity contribution is 7.59. The number of carboxylic acid groups (broad SMARTS) is 1. The molecule has 738 valence electrons. The first-order valence-electron chi connectivity index (χ1n) is 50.5. The number of aliphatic carboxylic acids is 1. The molecule has 0 heterocycles. The fourth-order valence-electron chi connectivity index (χ4n) is 29.3. The van der Waals surface area contributed by atoms with Crippen LogP contribution >= 0.6 is 52.9 Å². The van der Waals surface area contributed by atoms with E-state index in [4.69, 9.17) is 29.8 Å². The second-order valence-electron chi connectivity index (χ2n) is 49.9. The van der Waals surface area contributed by atoms with Crippen molar-refractivity contribution in [2.45, 2.75) is 464 Å². The molecule has 0 aromatic carbocycles. The Bertz CT molecular complexity index is 3640. The maximum absolute atomic E-state index is 13.3. The first-order chi connectivity index (χ1) is 56.8. The van der Waals surface area contributed by atoms with Crippen molar-refractivity contribution in [1.29, 1.82) is 0 Å². The van der Waals surface area contributed by atoms with Gasteiger partial charge in [-0.2, -0.15) is 40.5 Å². The van der Waals surface area contributed by atoms with Gasteiger partial charge in [-0.15, -0.1) is 12.4 Å². The molecule has 15 nitrogen and oxygen atoms in total. The molecule has 12 rings (SSSR count). The summed E-state index contributed by atoms with van der Waals surface area (Å²) in [5, 5.41) is 49.5. The number of nitrogens with two attached hydrogens (primary N) is 1. The number of rotatable bonds is 27. The molecule has 12 aliphatic rings. The van der Waals surface area contributed by atoms with Gasteiger partial charge in [0, 0.05) is 12.8 Å². The SMILES string of the molecule is CC(C)[C@H](CC(=O)OC(C)(C)C)C(=O)O.CC(C)[C@H](CC(=O)OC(C)(C)C)C(=O)O[C@H]1CC[C@@]2(C)C(=CC[C@H]3[C@@H]4CC[C@H]([C@H](C)CCCC(C)(C)O)[C@@]4(C)CC[C@@H]32)C1.CC(C)[C@H](N)C(=O)O[C@H]1CC[C@@]2(C)C(=CC[C@H]3[C@@H]4CC[C@H]([C@H](C)CCCC(C)(C)O)[C@@]4(C)CC[C@@H]32)C1.C[C@H](CCCC(C)(C)O)[C@H]1CC[C@H]2[C@@H]3CC=C4C[C@@H](O)CC[C@]4(C)[C@H]3CC[C@]12C.Cl.S.S.S. The van der Waals surface area contributed by atoms with Gasteiger partial charge >= 0.3 is 29.8 Å². The van der Waals surface area contributed by atoms with Crippen LogP contribution in [0.5, 0.6) is 0 Å². The molecular weight excluding hydrogens is 1670 g/mol. The van der Waals surface area contributed by atoms with Crippen molar-refractivity contribution in [3.63, 3.8) is 0 Å². The molecule has 7 N–H and O–H groups in total. The first-order valence-corrected chi connectivity index (χ1v) is 50.5. The molecule has 0 aliphatic heterocycles. The zero-order valence-corrected chi connectivity index (χ0v) is 89.0. The van der Waals surface area contributed by atoms with Crippen molar-refractivity contribution in [1.82, 2.24) is 0 Å². The number of allylic oxidation sites excluding steroid dienone is 3. The zero-order chi connectivity index (χ0) is 91.7. The number of hydrogen-bond acceptors (Lipinski definition) is 14. The lowest BCUT2D eigenvalue weighted by Crippen LogP contribution is -2.51. The number of aliphatic hydroxyl groups excluding tert-OH is 1. The summed E-state index contributed by atoms with van der Waals surface area (Å²) in [6, 6.07) is -0.521. The summed E-state index contributed by atoms with van der Waals surface area (Å²) in [4.78, 5) is 60.6. The van der Waals surface area contributed by atoms with Crippen LogP contribution in [0.1, 0.15) is 412 Å². The number of hydrogen-bond donors (Lipinski definition) is 6. The smallest absolute Gasteiger partial charge is 0.323 e. The maximum Gasteiger partial charge on any atom is 0.323 e. The van der Waals surface area contributed by atoms with Gasteiger partial charge in [0.15, 0.2) is 0 Å². The lowest BCUT2D eigenvalue weighted by molar-refractivity contribution is -0.166. The highest BCUT2D eigenvalue weighted by Crippen LogP contribution is 2.71. The summed E-state index contributed by atoms with van der Waals surface area (Å²) in [5.74, 6) is 8.73. The fourth-order valence-corrected chi connectivity index (χ4v) is 29.3. The van der Waals surface area contributed by atoms with Crippen LogP contribution in [-0.2, 0) is 42.9 Å². The van der Waals surface area contributed by atoms with Crippen LogP contribution in [0.3, 0.4) is 0 Å². The summed E-state index contributed by atoms with van der Waals surface area (Å²) < 4.78 is 22.6. The summed E-state index contributed by atoms with van der Waals surface area (Å²) in [6.45, 7) is 56.9. The lowest BCUT2D eigenvalue weighted by Gasteiger charge is -2.58. The van der Waals surface area contributed by atoms with E-state index in [-0.39, 0.29) is 131 Å². The Morgan fingerprint density at radius 3 is 1.00 bits per heavy atom. The van der Waals surface area contributed by atoms with Gasteiger partial charge in [-0.3, -0.25) is 24.0 Å². The molecule has 0 unspecified atom stereocenters. The van der Waals surface area contributed by atoms with Gasteiger partial charge in [-0.25, -0.2) is 0 Å². The Hall–Kier alpha value is -2.29. The van der Waals surface area contributed by atoms with E-state index in [0.717, 1.165) is 173 Å². The molecule has 9 saturated carbocycles. The molecule has 127 heavy (non-hydrogen) atoms. The molecule has 0 amide bonds. The molecule has 0 radical (unpaired) electrons. The van der Waals surface area contributed by atoms with Gasteiger partial charge in [0.2, 0.25) is 0 Å². The normalized spacial score (nSPS) is 35.5. The maximum atomic E-state index is 13.3. The first kappa shape index (κ1) is 115. The molecule has 0 saturated heterocycles. The summed E-state index contributed by atoms with van der Waals surface area (Å²) in [6.07, 6.45) is 46.5. The van der Waals surface area contributed by atoms with E-state index in [2.05, 4.69) is 80.5 Å². The van der Waals surface area contributed by atoms with Crippen LogP contribution in [0.15, 0.2) is 34.9 Å². The molecule has 9 fully saturated rings. The van der Waals surface area contributed by atoms with Crippen molar-refractivity contribution in [2.24, 2.45) is 157 Å². The quantitative estimate of drug-likeness (QED) is 0.0254. The number of carbonyl (C=O) groups excluding carboxylic acids is 4. The van der Waals surface area contributed by atoms with Crippen LogP contribution in [0.2, 0.25) is 0 Å². The largest absolute Gasteiger partial charge is 0.481 e. The Labute approximate surface area is 801 Å². The third-order valence-electron chi connectivity index (χ3n) is 36.2. The molecule has 0 aromatic rings. The second kappa shape index (κ2) is 45.8. The van der Waals surface area contributed by atoms with E-state index < -0.39 is 57.8 Å². The van der Waals surface area contributed by atoms with Crippen LogP contribution in [0.4, 0.5) is 0 Å². The number of fused-ring (bicyclic) bond motifs is 15. The van der Waals surface area contributed by atoms with Gasteiger partial charge in [0.1, 0.15) is 29.5 Å². The van der Waals surface area contributed by atoms with E-state index in [1.165, 1.54) is 128 Å². The minimum Gasteiger partial charge on any atom is -0.481 e. The molecule has 19 heteroatoms. The Morgan fingerprint density at radius 1 is 0.409 bits per heavy atom. The van der Waals surface area contributed by atoms with Gasteiger partial charge in [0.25, 0.3) is 0 Å². The van der Waals surface area contributed by atoms with Crippen molar-refractivity contribution >= 4 is 82.7 Å². The predicted molar refractivity (Wildman–Crippen MR) is 536 cm³/mol. The number of carbonyl (C=O) groups is 5. The van der Waals surface area contributed by atoms with Crippen LogP contribution in [-0.4, -0.2) is 108 Å². The zero-order valence-electron chi connectivity index (χ0n) is 85.2. The lowest BCUT2D eigenvalue weighted by atomic mass is 9.47. The molecule has 0 spiro atoms. The number of ether oxygens (including phenoxy) is 4. The standard InChI is InChI=1S/C38H64O5.C32H55NO3.C27H46O2.C11H20O4.ClH.3H2S/c1-24(2)29(23-33(39)43-35(4,5)6)34(40)42-27-17-20-37(9)26(22-27)13-14-28-31-16-15-30(38(31,10)21-18-32(28)37)25(3)12-11-19-36(7,8)41;1-20(2)28(33)29(34)36-23-14-17-31(6)22(19-23)10-11-24-26-13-12-25(32(26,7)18-15-27(24)31)21(3)9-8-16-30(4,5)35;1-18(7-6-14-25(2,3)29)22-10-11-23-21-9-8-19-17-20(28)12-15-26(19,4)24(21)13-16-27(22,23)5;1-7(2)8(10(13)14)6-9(12)15-11(3,4)5;;;;/h13,24-25,27-32,41H,11-12,14-23H2,1-10H3;10,20-21,23-28,35H,8-9,11-19,33H2,1-7H3;8,18,20-24,28-29H,6-7,9-17H2,1-5H3;7-8H,6H2,1-5H3,(H,13,14);1H;3*1H2/t25-,27+,28+,29+,30-,31+,32+,37+,38-;21-,23+,24+,25-,26+,27+,28+,31+,32-;18-,20+,21+,22-,23+,24+,26+,27-;8-;;;;/m1110..../s1.